The number of hydrogen-bond acceptors (Lipinski definition) is 4. The first-order valence-electron chi connectivity index (χ1n) is 7.55. The molecule has 2 aromatic carbocycles. The number of carbonyl (C=O) groups is 1. The zero-order valence-corrected chi connectivity index (χ0v) is 14.7. The van der Waals surface area contributed by atoms with Crippen molar-refractivity contribution in [1.82, 2.24) is 4.72 Å². The second-order valence-corrected chi connectivity index (χ2v) is 7.27. The first kappa shape index (κ1) is 21.6. The molecule has 0 atom stereocenters. The molecule has 152 valence electrons. The quantitative estimate of drug-likeness (QED) is 0.491. The van der Waals surface area contributed by atoms with Gasteiger partial charge in [0.15, 0.2) is 11.6 Å². The topological polar surface area (TPSA) is 95.5 Å². The minimum absolute atomic E-state index is 0.457. The van der Waals surface area contributed by atoms with Gasteiger partial charge in [0.1, 0.15) is 5.75 Å². The lowest BCUT2D eigenvalue weighted by molar-refractivity contribution is -0.137. The van der Waals surface area contributed by atoms with E-state index in [2.05, 4.69) is 0 Å². The van der Waals surface area contributed by atoms with Crippen LogP contribution in [0.3, 0.4) is 0 Å². The van der Waals surface area contributed by atoms with E-state index in [9.17, 15) is 40.3 Å². The number of phenols is 1. The van der Waals surface area contributed by atoms with Gasteiger partial charge in [0.05, 0.1) is 16.1 Å². The fraction of sp³-hybridized carbons (Fsp3) is 0.188. The molecule has 0 saturated carbocycles. The summed E-state index contributed by atoms with van der Waals surface area (Å²) in [7, 11) is -4.24. The standard InChI is InChI=1S/C16H13F5N2O4S/c17-11-3-2-10(8-12(11)18)28(26,27)22-6-5-15(25)23-13-7-9(16(19,20)21)1-4-14(13)24/h1-4,7-8,22,24H,5-6H2,(H,23,25). The average molecular weight is 424 g/mol. The van der Waals surface area contributed by atoms with Gasteiger partial charge < -0.3 is 10.4 Å². The second-order valence-electron chi connectivity index (χ2n) is 5.50. The maximum atomic E-state index is 13.1. The van der Waals surface area contributed by atoms with Crippen LogP contribution < -0.4 is 10.0 Å². The third-order valence-corrected chi connectivity index (χ3v) is 4.90. The minimum Gasteiger partial charge on any atom is -0.506 e. The van der Waals surface area contributed by atoms with Gasteiger partial charge in [-0.05, 0) is 36.4 Å². The zero-order valence-electron chi connectivity index (χ0n) is 13.8. The van der Waals surface area contributed by atoms with E-state index in [1.54, 1.807) is 0 Å². The molecule has 28 heavy (non-hydrogen) atoms. The van der Waals surface area contributed by atoms with E-state index in [1.807, 2.05) is 10.0 Å². The Balaban J connectivity index is 1.98. The maximum Gasteiger partial charge on any atom is 0.416 e. The molecule has 0 fully saturated rings. The summed E-state index contributed by atoms with van der Waals surface area (Å²) in [4.78, 5) is 11.2. The molecule has 0 saturated heterocycles. The molecule has 6 nitrogen and oxygen atoms in total. The summed E-state index contributed by atoms with van der Waals surface area (Å²) in [5.74, 6) is -4.11. The number of alkyl halides is 3. The highest BCUT2D eigenvalue weighted by Crippen LogP contribution is 2.34. The largest absolute Gasteiger partial charge is 0.506 e. The number of hydrogen-bond donors (Lipinski definition) is 3. The van der Waals surface area contributed by atoms with Gasteiger partial charge >= 0.3 is 6.18 Å². The number of aromatic hydroxyl groups is 1. The number of benzene rings is 2. The number of nitrogens with one attached hydrogen (secondary N) is 2. The summed E-state index contributed by atoms with van der Waals surface area (Å²) < 4.78 is 89.8. The summed E-state index contributed by atoms with van der Waals surface area (Å²) in [6.07, 6.45) is -5.19. The summed E-state index contributed by atoms with van der Waals surface area (Å²) in [5, 5.41) is 11.6. The third-order valence-electron chi connectivity index (χ3n) is 3.44. The summed E-state index contributed by atoms with van der Waals surface area (Å²) in [6.45, 7) is -0.479. The number of carbonyl (C=O) groups excluding carboxylic acids is 1. The van der Waals surface area contributed by atoms with Crippen LogP contribution in [0, 0.1) is 11.6 Å². The molecule has 0 aliphatic rings. The number of sulfonamides is 1. The lowest BCUT2D eigenvalue weighted by Crippen LogP contribution is -2.28. The Kier molecular flexibility index (Phi) is 6.24. The van der Waals surface area contributed by atoms with E-state index < -0.39 is 68.6 Å². The smallest absolute Gasteiger partial charge is 0.416 e. The average Bonchev–Trinajstić information content (AvgIpc) is 2.58. The second kappa shape index (κ2) is 8.10. The molecule has 0 aliphatic carbocycles. The van der Waals surface area contributed by atoms with Gasteiger partial charge in [-0.3, -0.25) is 4.79 Å². The first-order chi connectivity index (χ1) is 12.9. The van der Waals surface area contributed by atoms with E-state index in [-0.39, 0.29) is 0 Å². The van der Waals surface area contributed by atoms with Crippen molar-refractivity contribution in [3.63, 3.8) is 0 Å². The Morgan fingerprint density at radius 2 is 1.71 bits per heavy atom. The molecule has 2 rings (SSSR count). The Hall–Kier alpha value is -2.73. The summed E-state index contributed by atoms with van der Waals surface area (Å²) >= 11 is 0. The van der Waals surface area contributed by atoms with Crippen molar-refractivity contribution in [1.29, 1.82) is 0 Å². The van der Waals surface area contributed by atoms with Gasteiger partial charge in [-0.1, -0.05) is 0 Å². The van der Waals surface area contributed by atoms with Crippen molar-refractivity contribution in [3.8, 4) is 5.75 Å². The van der Waals surface area contributed by atoms with Crippen LogP contribution in [-0.2, 0) is 21.0 Å². The number of halogens is 5. The Morgan fingerprint density at radius 3 is 2.32 bits per heavy atom. The molecule has 3 N–H and O–H groups in total. The number of anilines is 1. The molecule has 0 spiro atoms. The van der Waals surface area contributed by atoms with Crippen LogP contribution in [-0.4, -0.2) is 26.0 Å². The molecular weight excluding hydrogens is 411 g/mol. The molecule has 0 bridgehead atoms. The van der Waals surface area contributed by atoms with E-state index in [0.29, 0.717) is 24.3 Å². The van der Waals surface area contributed by atoms with E-state index in [0.717, 1.165) is 12.1 Å². The van der Waals surface area contributed by atoms with Crippen molar-refractivity contribution in [3.05, 3.63) is 53.6 Å². The molecule has 0 unspecified atom stereocenters. The van der Waals surface area contributed by atoms with Gasteiger partial charge in [0.2, 0.25) is 15.9 Å². The molecular formula is C16H13F5N2O4S. The van der Waals surface area contributed by atoms with Crippen LogP contribution in [0.1, 0.15) is 12.0 Å². The lowest BCUT2D eigenvalue weighted by Gasteiger charge is -2.12. The molecule has 0 radical (unpaired) electrons. The zero-order chi connectivity index (χ0) is 21.1. The third kappa shape index (κ3) is 5.39. The molecule has 2 aromatic rings. The van der Waals surface area contributed by atoms with Crippen LogP contribution in [0.5, 0.6) is 5.75 Å². The number of amides is 1. The van der Waals surface area contributed by atoms with E-state index >= 15 is 0 Å². The van der Waals surface area contributed by atoms with Crippen LogP contribution in [0.4, 0.5) is 27.6 Å². The highest BCUT2D eigenvalue weighted by Gasteiger charge is 2.31. The monoisotopic (exact) mass is 424 g/mol. The fourth-order valence-electron chi connectivity index (χ4n) is 2.05. The van der Waals surface area contributed by atoms with Crippen LogP contribution in [0.15, 0.2) is 41.3 Å². The predicted molar refractivity (Wildman–Crippen MR) is 87.9 cm³/mol. The van der Waals surface area contributed by atoms with Crippen molar-refractivity contribution in [2.45, 2.75) is 17.5 Å². The maximum absolute atomic E-state index is 13.1. The van der Waals surface area contributed by atoms with Crippen molar-refractivity contribution < 1.29 is 40.3 Å². The molecule has 0 heterocycles. The van der Waals surface area contributed by atoms with Gasteiger partial charge in [-0.25, -0.2) is 21.9 Å². The lowest BCUT2D eigenvalue weighted by atomic mass is 10.1. The normalized spacial score (nSPS) is 12.0. The Labute approximate surface area is 156 Å². The molecule has 1 amide bonds. The van der Waals surface area contributed by atoms with Gasteiger partial charge in [0, 0.05) is 13.0 Å². The van der Waals surface area contributed by atoms with Crippen LogP contribution in [0.25, 0.3) is 0 Å². The van der Waals surface area contributed by atoms with Crippen LogP contribution >= 0.6 is 0 Å². The highest BCUT2D eigenvalue weighted by atomic mass is 32.2. The van der Waals surface area contributed by atoms with E-state index in [4.69, 9.17) is 0 Å². The van der Waals surface area contributed by atoms with Crippen molar-refractivity contribution in [2.24, 2.45) is 0 Å². The molecule has 0 aromatic heterocycles. The van der Waals surface area contributed by atoms with Gasteiger partial charge in [-0.2, -0.15) is 13.2 Å². The number of rotatable bonds is 6. The van der Waals surface area contributed by atoms with Gasteiger partial charge in [-0.15, -0.1) is 0 Å². The summed E-state index contributed by atoms with van der Waals surface area (Å²) in [6, 6.07) is 3.80. The summed E-state index contributed by atoms with van der Waals surface area (Å²) in [5.41, 5.74) is -1.59. The molecule has 12 heteroatoms. The number of phenolic OH excluding ortho intramolecular Hbond substituents is 1. The first-order valence-corrected chi connectivity index (χ1v) is 9.03. The Bertz CT molecular complexity index is 993. The molecule has 0 aliphatic heterocycles. The van der Waals surface area contributed by atoms with E-state index in [1.165, 1.54) is 0 Å². The highest BCUT2D eigenvalue weighted by molar-refractivity contribution is 7.89. The minimum atomic E-state index is -4.69. The predicted octanol–water partition coefficient (Wildman–Crippen LogP) is 3.00. The van der Waals surface area contributed by atoms with Crippen molar-refractivity contribution >= 4 is 21.6 Å². The van der Waals surface area contributed by atoms with Crippen LogP contribution in [0.2, 0.25) is 0 Å². The van der Waals surface area contributed by atoms with Crippen molar-refractivity contribution in [2.75, 3.05) is 11.9 Å². The fourth-order valence-corrected chi connectivity index (χ4v) is 3.09. The SMILES string of the molecule is O=C(CCNS(=O)(=O)c1ccc(F)c(F)c1)Nc1cc(C(F)(F)F)ccc1O. The van der Waals surface area contributed by atoms with Gasteiger partial charge in [0.25, 0.3) is 0 Å². The Morgan fingerprint density at radius 1 is 1.04 bits per heavy atom.